The molecule has 0 aromatic carbocycles. The van der Waals surface area contributed by atoms with Crippen LogP contribution in [0.1, 0.15) is 10.6 Å². The van der Waals surface area contributed by atoms with Gasteiger partial charge in [0.05, 0.1) is 25.2 Å². The molecule has 1 saturated heterocycles. The molecular weight excluding hydrogens is 300 g/mol. The Balaban J connectivity index is 1.85. The van der Waals surface area contributed by atoms with E-state index >= 15 is 0 Å². The average molecular weight is 316 g/mol. The van der Waals surface area contributed by atoms with E-state index in [9.17, 15) is 18.0 Å². The van der Waals surface area contributed by atoms with Crippen molar-refractivity contribution in [2.45, 2.75) is 6.10 Å². The molecule has 1 fully saturated rings. The molecule has 2 rings (SSSR count). The maximum Gasteiger partial charge on any atom is 0.295 e. The van der Waals surface area contributed by atoms with E-state index in [1.165, 1.54) is 22.7 Å². The van der Waals surface area contributed by atoms with Gasteiger partial charge in [-0.25, -0.2) is 8.42 Å². The molecule has 9 heteroatoms. The molecule has 1 aromatic heterocycles. The summed E-state index contributed by atoms with van der Waals surface area (Å²) in [6, 6.07) is 2.90. The summed E-state index contributed by atoms with van der Waals surface area (Å²) in [5.74, 6) is -1.64. The molecule has 0 radical (unpaired) electrons. The fourth-order valence-corrected chi connectivity index (χ4v) is 2.77. The van der Waals surface area contributed by atoms with Crippen molar-refractivity contribution in [2.75, 3.05) is 32.5 Å². The van der Waals surface area contributed by atoms with Gasteiger partial charge in [0.2, 0.25) is 10.0 Å². The van der Waals surface area contributed by atoms with Crippen LogP contribution in [0.25, 0.3) is 0 Å². The largest absolute Gasteiger partial charge is 0.461 e. The quantitative estimate of drug-likeness (QED) is 0.565. The Labute approximate surface area is 122 Å². The highest BCUT2D eigenvalue weighted by Crippen LogP contribution is 2.08. The Morgan fingerprint density at radius 3 is 2.86 bits per heavy atom. The zero-order valence-electron chi connectivity index (χ0n) is 11.4. The van der Waals surface area contributed by atoms with Crippen LogP contribution in [0.5, 0.6) is 0 Å². The molecule has 0 bridgehead atoms. The standard InChI is InChI=1S/C12H16N2O6S/c1-21(17,18)14-4-6-19-9(8-14)7-13-12(16)11(15)10-3-2-5-20-10/h2-3,5,9H,4,6-8H2,1H3,(H,13,16)/t9-/m0/s1. The smallest absolute Gasteiger partial charge is 0.295 e. The highest BCUT2D eigenvalue weighted by atomic mass is 32.2. The van der Waals surface area contributed by atoms with Crippen LogP contribution in [0.2, 0.25) is 0 Å². The van der Waals surface area contributed by atoms with E-state index in [0.29, 0.717) is 0 Å². The highest BCUT2D eigenvalue weighted by Gasteiger charge is 2.27. The van der Waals surface area contributed by atoms with Crippen molar-refractivity contribution in [3.63, 3.8) is 0 Å². The normalized spacial score (nSPS) is 20.1. The second-order valence-corrected chi connectivity index (χ2v) is 6.61. The van der Waals surface area contributed by atoms with Crippen LogP contribution in [-0.4, -0.2) is 63.0 Å². The number of amides is 1. The number of morpholine rings is 1. The molecule has 0 aliphatic carbocycles. The second-order valence-electron chi connectivity index (χ2n) is 4.63. The van der Waals surface area contributed by atoms with E-state index in [1.54, 1.807) is 0 Å². The monoisotopic (exact) mass is 316 g/mol. The van der Waals surface area contributed by atoms with E-state index in [4.69, 9.17) is 9.15 Å². The summed E-state index contributed by atoms with van der Waals surface area (Å²) in [7, 11) is -3.29. The van der Waals surface area contributed by atoms with Crippen LogP contribution in [0, 0.1) is 0 Å². The number of rotatable bonds is 5. The minimum absolute atomic E-state index is 0.0465. The lowest BCUT2D eigenvalue weighted by molar-refractivity contribution is -0.118. The molecule has 21 heavy (non-hydrogen) atoms. The SMILES string of the molecule is CS(=O)(=O)N1CCO[C@@H](CNC(=O)C(=O)c2ccco2)C1. The summed E-state index contributed by atoms with van der Waals surface area (Å²) in [6.07, 6.45) is 1.94. The van der Waals surface area contributed by atoms with Crippen molar-refractivity contribution in [2.24, 2.45) is 0 Å². The predicted molar refractivity (Wildman–Crippen MR) is 72.2 cm³/mol. The first-order valence-electron chi connectivity index (χ1n) is 6.30. The number of carbonyl (C=O) groups excluding carboxylic acids is 2. The zero-order chi connectivity index (χ0) is 15.5. The average Bonchev–Trinajstić information content (AvgIpc) is 2.97. The molecule has 1 aliphatic heterocycles. The summed E-state index contributed by atoms with van der Waals surface area (Å²) in [5.41, 5.74) is 0. The second kappa shape index (κ2) is 6.37. The maximum atomic E-state index is 11.7. The molecule has 1 amide bonds. The lowest BCUT2D eigenvalue weighted by Gasteiger charge is -2.31. The zero-order valence-corrected chi connectivity index (χ0v) is 12.3. The Kier molecular flexibility index (Phi) is 4.76. The molecule has 1 N–H and O–H groups in total. The number of hydrogen-bond acceptors (Lipinski definition) is 6. The molecular formula is C12H16N2O6S. The summed E-state index contributed by atoms with van der Waals surface area (Å²) < 4.78 is 34.4. The minimum atomic E-state index is -3.29. The number of nitrogens with zero attached hydrogens (tertiary/aromatic N) is 1. The summed E-state index contributed by atoms with van der Waals surface area (Å²) >= 11 is 0. The molecule has 1 aliphatic rings. The van der Waals surface area contributed by atoms with Crippen LogP contribution < -0.4 is 5.32 Å². The van der Waals surface area contributed by atoms with Gasteiger partial charge in [0.1, 0.15) is 0 Å². The first-order chi connectivity index (χ1) is 9.88. The fourth-order valence-electron chi connectivity index (χ4n) is 1.92. The third-order valence-electron chi connectivity index (χ3n) is 3.01. The van der Waals surface area contributed by atoms with Gasteiger partial charge in [-0.05, 0) is 12.1 Å². The van der Waals surface area contributed by atoms with Crippen molar-refractivity contribution in [3.05, 3.63) is 24.2 Å². The van der Waals surface area contributed by atoms with E-state index in [2.05, 4.69) is 5.32 Å². The third kappa shape index (κ3) is 4.13. The number of Topliss-reactive ketones (excluding diaryl/α,β-unsaturated/α-hetero) is 1. The van der Waals surface area contributed by atoms with Crippen LogP contribution in [0.15, 0.2) is 22.8 Å². The molecule has 8 nitrogen and oxygen atoms in total. The van der Waals surface area contributed by atoms with Gasteiger partial charge in [-0.2, -0.15) is 4.31 Å². The predicted octanol–water partition coefficient (Wildman–Crippen LogP) is -0.761. The number of ketones is 1. The van der Waals surface area contributed by atoms with Crippen molar-refractivity contribution in [1.82, 2.24) is 9.62 Å². The van der Waals surface area contributed by atoms with Crippen molar-refractivity contribution in [3.8, 4) is 0 Å². The summed E-state index contributed by atoms with van der Waals surface area (Å²) in [5, 5.41) is 2.42. The van der Waals surface area contributed by atoms with Crippen LogP contribution >= 0.6 is 0 Å². The van der Waals surface area contributed by atoms with Crippen LogP contribution in [0.3, 0.4) is 0 Å². The number of nitrogens with one attached hydrogen (secondary N) is 1. The van der Waals surface area contributed by atoms with Gasteiger partial charge in [-0.15, -0.1) is 0 Å². The van der Waals surface area contributed by atoms with Gasteiger partial charge in [-0.1, -0.05) is 0 Å². The molecule has 0 saturated carbocycles. The Morgan fingerprint density at radius 2 is 2.24 bits per heavy atom. The number of ether oxygens (including phenoxy) is 1. The van der Waals surface area contributed by atoms with Gasteiger partial charge in [0.15, 0.2) is 5.76 Å². The Bertz CT molecular complexity index is 610. The lowest BCUT2D eigenvalue weighted by Crippen LogP contribution is -2.49. The molecule has 0 spiro atoms. The fraction of sp³-hybridized carbons (Fsp3) is 0.500. The first kappa shape index (κ1) is 15.7. The number of sulfonamides is 1. The van der Waals surface area contributed by atoms with Crippen molar-refractivity contribution in [1.29, 1.82) is 0 Å². The van der Waals surface area contributed by atoms with Crippen LogP contribution in [-0.2, 0) is 19.6 Å². The summed E-state index contributed by atoms with van der Waals surface area (Å²) in [4.78, 5) is 23.3. The third-order valence-corrected chi connectivity index (χ3v) is 4.28. The Hall–Kier alpha value is -1.71. The maximum absolute atomic E-state index is 11.7. The van der Waals surface area contributed by atoms with Gasteiger partial charge in [0, 0.05) is 19.6 Å². The van der Waals surface area contributed by atoms with Crippen molar-refractivity contribution < 1.29 is 27.2 Å². The molecule has 1 aromatic rings. The van der Waals surface area contributed by atoms with E-state index < -0.39 is 27.8 Å². The molecule has 0 unspecified atom stereocenters. The van der Waals surface area contributed by atoms with Gasteiger partial charge >= 0.3 is 0 Å². The molecule has 1 atom stereocenters. The van der Waals surface area contributed by atoms with E-state index in [1.807, 2.05) is 0 Å². The molecule has 116 valence electrons. The van der Waals surface area contributed by atoms with E-state index in [0.717, 1.165) is 6.26 Å². The summed E-state index contributed by atoms with van der Waals surface area (Å²) in [6.45, 7) is 0.736. The highest BCUT2D eigenvalue weighted by molar-refractivity contribution is 7.88. The van der Waals surface area contributed by atoms with E-state index in [-0.39, 0.29) is 32.0 Å². The number of hydrogen-bond donors (Lipinski definition) is 1. The lowest BCUT2D eigenvalue weighted by atomic mass is 10.2. The van der Waals surface area contributed by atoms with Gasteiger partial charge < -0.3 is 14.5 Å². The topological polar surface area (TPSA) is 106 Å². The van der Waals surface area contributed by atoms with Gasteiger partial charge in [0.25, 0.3) is 11.7 Å². The van der Waals surface area contributed by atoms with Crippen LogP contribution in [0.4, 0.5) is 0 Å². The number of carbonyl (C=O) groups is 2. The number of furan rings is 1. The van der Waals surface area contributed by atoms with Crippen molar-refractivity contribution >= 4 is 21.7 Å². The molecule has 2 heterocycles. The Morgan fingerprint density at radius 1 is 1.48 bits per heavy atom. The minimum Gasteiger partial charge on any atom is -0.461 e. The first-order valence-corrected chi connectivity index (χ1v) is 8.15. The van der Waals surface area contributed by atoms with Gasteiger partial charge in [-0.3, -0.25) is 9.59 Å².